The number of hydrazine groups is 1. The molecule has 0 aromatic rings. The van der Waals surface area contributed by atoms with E-state index in [2.05, 4.69) is 33.6 Å². The van der Waals surface area contributed by atoms with Gasteiger partial charge in [-0.25, -0.2) is 5.01 Å². The highest BCUT2D eigenvalue weighted by Crippen LogP contribution is 2.13. The zero-order chi connectivity index (χ0) is 9.02. The van der Waals surface area contributed by atoms with Crippen molar-refractivity contribution >= 4 is 12.8 Å². The summed E-state index contributed by atoms with van der Waals surface area (Å²) < 4.78 is 1.96. The van der Waals surface area contributed by atoms with Gasteiger partial charge < -0.3 is 0 Å². The number of nitrogens with zero attached hydrogens (tertiary/aromatic N) is 2. The van der Waals surface area contributed by atoms with Crippen LogP contribution < -0.4 is 0 Å². The summed E-state index contributed by atoms with van der Waals surface area (Å²) in [5.41, 5.74) is 0. The molecule has 0 fully saturated rings. The second-order valence-electron chi connectivity index (χ2n) is 3.65. The maximum Gasteiger partial charge on any atom is 0.0330 e. The molecule has 1 atom stereocenters. The summed E-state index contributed by atoms with van der Waals surface area (Å²) in [6, 6.07) is 0.508. The van der Waals surface area contributed by atoms with Crippen LogP contribution in [0.3, 0.4) is 0 Å². The van der Waals surface area contributed by atoms with Crippen LogP contribution in [0, 0.1) is 5.92 Å². The number of hydrogen-bond donors (Lipinski definition) is 1. The van der Waals surface area contributed by atoms with E-state index in [4.69, 9.17) is 0 Å². The standard InChI is InChI=1S/C8H20N2S/c1-7(2)6-8(3)10(11)9(4)5/h7-8,11H,6H2,1-5H3. The smallest absolute Gasteiger partial charge is 0.0330 e. The molecule has 0 aromatic carbocycles. The van der Waals surface area contributed by atoms with Crippen LogP contribution in [0.15, 0.2) is 0 Å². The SMILES string of the molecule is CC(C)CC(C)N(S)N(C)C. The predicted molar refractivity (Wildman–Crippen MR) is 53.4 cm³/mol. The lowest BCUT2D eigenvalue weighted by atomic mass is 10.1. The molecule has 0 saturated carbocycles. The van der Waals surface area contributed by atoms with Crippen molar-refractivity contribution in [1.29, 1.82) is 0 Å². The van der Waals surface area contributed by atoms with Crippen LogP contribution in [0.25, 0.3) is 0 Å². The highest BCUT2D eigenvalue weighted by molar-refractivity contribution is 7.77. The summed E-state index contributed by atoms with van der Waals surface area (Å²) in [6.45, 7) is 6.65. The molecule has 11 heavy (non-hydrogen) atoms. The highest BCUT2D eigenvalue weighted by atomic mass is 32.1. The minimum Gasteiger partial charge on any atom is -0.238 e. The molecule has 0 aliphatic carbocycles. The van der Waals surface area contributed by atoms with E-state index in [0.29, 0.717) is 6.04 Å². The van der Waals surface area contributed by atoms with Crippen LogP contribution >= 0.6 is 12.8 Å². The Morgan fingerprint density at radius 1 is 1.18 bits per heavy atom. The van der Waals surface area contributed by atoms with Crippen molar-refractivity contribution in [3.63, 3.8) is 0 Å². The largest absolute Gasteiger partial charge is 0.238 e. The lowest BCUT2D eigenvalue weighted by Crippen LogP contribution is -2.36. The van der Waals surface area contributed by atoms with Gasteiger partial charge in [-0.3, -0.25) is 0 Å². The highest BCUT2D eigenvalue weighted by Gasteiger charge is 2.12. The van der Waals surface area contributed by atoms with Crippen LogP contribution in [0.2, 0.25) is 0 Å². The average Bonchev–Trinajstić information content (AvgIpc) is 1.84. The lowest BCUT2D eigenvalue weighted by Gasteiger charge is -2.29. The molecule has 0 spiro atoms. The van der Waals surface area contributed by atoms with Crippen LogP contribution in [0.4, 0.5) is 0 Å². The normalized spacial score (nSPS) is 15.0. The van der Waals surface area contributed by atoms with Gasteiger partial charge in [0.15, 0.2) is 0 Å². The third-order valence-corrected chi connectivity index (χ3v) is 2.37. The van der Waals surface area contributed by atoms with Gasteiger partial charge in [-0.2, -0.15) is 4.41 Å². The molecule has 0 radical (unpaired) electrons. The van der Waals surface area contributed by atoms with E-state index in [1.165, 1.54) is 6.42 Å². The Labute approximate surface area is 76.1 Å². The van der Waals surface area contributed by atoms with Gasteiger partial charge in [0.25, 0.3) is 0 Å². The molecule has 0 amide bonds. The summed E-state index contributed by atoms with van der Waals surface area (Å²) in [5.74, 6) is 0.736. The van der Waals surface area contributed by atoms with E-state index in [1.54, 1.807) is 0 Å². The summed E-state index contributed by atoms with van der Waals surface area (Å²) in [7, 11) is 4.01. The lowest BCUT2D eigenvalue weighted by molar-refractivity contribution is 0.0945. The van der Waals surface area contributed by atoms with Crippen LogP contribution in [-0.2, 0) is 0 Å². The van der Waals surface area contributed by atoms with Crippen LogP contribution in [0.1, 0.15) is 27.2 Å². The molecule has 0 bridgehead atoms. The topological polar surface area (TPSA) is 6.48 Å². The summed E-state index contributed by atoms with van der Waals surface area (Å²) in [6.07, 6.45) is 1.18. The average molecular weight is 176 g/mol. The number of thiol groups is 1. The molecule has 0 N–H and O–H groups in total. The van der Waals surface area contributed by atoms with Crippen molar-refractivity contribution in [2.24, 2.45) is 5.92 Å². The minimum atomic E-state index is 0.508. The Bertz CT molecular complexity index is 104. The van der Waals surface area contributed by atoms with Gasteiger partial charge in [-0.1, -0.05) is 26.7 Å². The molecular formula is C8H20N2S. The minimum absolute atomic E-state index is 0.508. The Morgan fingerprint density at radius 2 is 1.64 bits per heavy atom. The fourth-order valence-corrected chi connectivity index (χ4v) is 1.27. The number of rotatable bonds is 4. The molecule has 0 aliphatic rings. The van der Waals surface area contributed by atoms with Crippen molar-refractivity contribution in [1.82, 2.24) is 9.42 Å². The first-order valence-electron chi connectivity index (χ1n) is 4.10. The fourth-order valence-electron chi connectivity index (χ4n) is 1.17. The Morgan fingerprint density at radius 3 is 1.91 bits per heavy atom. The molecular weight excluding hydrogens is 156 g/mol. The molecule has 0 rings (SSSR count). The summed E-state index contributed by atoms with van der Waals surface area (Å²) in [5, 5.41) is 2.00. The first kappa shape index (κ1) is 11.3. The van der Waals surface area contributed by atoms with Gasteiger partial charge >= 0.3 is 0 Å². The van der Waals surface area contributed by atoms with Gasteiger partial charge in [0.1, 0.15) is 0 Å². The van der Waals surface area contributed by atoms with Crippen molar-refractivity contribution < 1.29 is 0 Å². The quantitative estimate of drug-likeness (QED) is 0.517. The van der Waals surface area contributed by atoms with E-state index in [1.807, 2.05) is 23.5 Å². The molecule has 1 unspecified atom stereocenters. The monoisotopic (exact) mass is 176 g/mol. The molecule has 0 saturated heterocycles. The second-order valence-corrected chi connectivity index (χ2v) is 4.06. The first-order valence-corrected chi connectivity index (χ1v) is 4.50. The third kappa shape index (κ3) is 4.67. The zero-order valence-corrected chi connectivity index (χ0v) is 9.10. The molecule has 0 aromatic heterocycles. The Balaban J connectivity index is 3.73. The van der Waals surface area contributed by atoms with Crippen LogP contribution in [0.5, 0.6) is 0 Å². The van der Waals surface area contributed by atoms with Gasteiger partial charge in [0.05, 0.1) is 0 Å². The number of hydrogen-bond acceptors (Lipinski definition) is 3. The first-order chi connectivity index (χ1) is 4.95. The Kier molecular flexibility index (Phi) is 5.13. The third-order valence-electron chi connectivity index (χ3n) is 1.62. The van der Waals surface area contributed by atoms with Gasteiger partial charge in [0.2, 0.25) is 0 Å². The molecule has 0 aliphatic heterocycles. The van der Waals surface area contributed by atoms with E-state index in [-0.39, 0.29) is 0 Å². The van der Waals surface area contributed by atoms with Gasteiger partial charge in [-0.15, -0.1) is 0 Å². The van der Waals surface area contributed by atoms with Crippen molar-refractivity contribution in [3.05, 3.63) is 0 Å². The van der Waals surface area contributed by atoms with Crippen molar-refractivity contribution in [3.8, 4) is 0 Å². The van der Waals surface area contributed by atoms with Crippen LogP contribution in [-0.4, -0.2) is 29.6 Å². The second kappa shape index (κ2) is 5.01. The van der Waals surface area contributed by atoms with Gasteiger partial charge in [0, 0.05) is 20.1 Å². The van der Waals surface area contributed by atoms with E-state index in [9.17, 15) is 0 Å². The van der Waals surface area contributed by atoms with Crippen molar-refractivity contribution in [2.45, 2.75) is 33.2 Å². The van der Waals surface area contributed by atoms with E-state index >= 15 is 0 Å². The molecule has 2 nitrogen and oxygen atoms in total. The van der Waals surface area contributed by atoms with Crippen molar-refractivity contribution in [2.75, 3.05) is 14.1 Å². The Hall–Kier alpha value is 0.270. The predicted octanol–water partition coefficient (Wildman–Crippen LogP) is 2.04. The molecule has 0 heterocycles. The molecule has 68 valence electrons. The van der Waals surface area contributed by atoms with E-state index in [0.717, 1.165) is 5.92 Å². The molecule has 3 heteroatoms. The summed E-state index contributed by atoms with van der Waals surface area (Å²) >= 11 is 4.35. The maximum absolute atomic E-state index is 4.35. The van der Waals surface area contributed by atoms with Gasteiger partial charge in [-0.05, 0) is 19.3 Å². The summed E-state index contributed by atoms with van der Waals surface area (Å²) in [4.78, 5) is 0. The maximum atomic E-state index is 4.35. The van der Waals surface area contributed by atoms with E-state index < -0.39 is 0 Å². The fraction of sp³-hybridized carbons (Fsp3) is 1.00. The zero-order valence-electron chi connectivity index (χ0n) is 8.20.